The van der Waals surface area contributed by atoms with Gasteiger partial charge in [0.15, 0.2) is 0 Å². The lowest BCUT2D eigenvalue weighted by Crippen LogP contribution is -2.40. The van der Waals surface area contributed by atoms with Crippen molar-refractivity contribution in [3.63, 3.8) is 0 Å². The van der Waals surface area contributed by atoms with Crippen molar-refractivity contribution in [2.45, 2.75) is 39.2 Å². The molecular weight excluding hydrogens is 234 g/mol. The van der Waals surface area contributed by atoms with Crippen molar-refractivity contribution in [3.05, 3.63) is 30.1 Å². The zero-order valence-corrected chi connectivity index (χ0v) is 12.3. The lowest BCUT2D eigenvalue weighted by Gasteiger charge is -2.27. The number of rotatable bonds is 7. The molecule has 0 amide bonds. The highest BCUT2D eigenvalue weighted by Crippen LogP contribution is 2.10. The van der Waals surface area contributed by atoms with Gasteiger partial charge in [0.2, 0.25) is 0 Å². The molecule has 1 aliphatic rings. The van der Waals surface area contributed by atoms with Gasteiger partial charge in [-0.15, -0.1) is 0 Å². The monoisotopic (exact) mass is 261 g/mol. The Hall–Kier alpha value is -0.930. The Morgan fingerprint density at radius 1 is 1.47 bits per heavy atom. The van der Waals surface area contributed by atoms with Gasteiger partial charge in [-0.3, -0.25) is 4.98 Å². The topological polar surface area (TPSA) is 28.2 Å². The summed E-state index contributed by atoms with van der Waals surface area (Å²) in [7, 11) is 0. The van der Waals surface area contributed by atoms with Gasteiger partial charge >= 0.3 is 0 Å². The minimum absolute atomic E-state index is 0.702. The maximum Gasteiger partial charge on any atom is 0.0300 e. The second-order valence-corrected chi connectivity index (χ2v) is 6.06. The predicted octanol–water partition coefficient (Wildman–Crippen LogP) is 2.33. The lowest BCUT2D eigenvalue weighted by atomic mass is 10.1. The first-order valence-corrected chi connectivity index (χ1v) is 7.58. The van der Waals surface area contributed by atoms with Crippen LogP contribution >= 0.6 is 0 Å². The molecule has 0 spiro atoms. The molecule has 106 valence electrons. The molecule has 1 saturated heterocycles. The molecule has 3 heteroatoms. The fourth-order valence-electron chi connectivity index (χ4n) is 2.83. The molecule has 1 N–H and O–H groups in total. The van der Waals surface area contributed by atoms with Crippen molar-refractivity contribution in [1.29, 1.82) is 0 Å². The van der Waals surface area contributed by atoms with Crippen LogP contribution in [0.1, 0.15) is 32.3 Å². The smallest absolute Gasteiger partial charge is 0.0300 e. The molecule has 0 aliphatic carbocycles. The van der Waals surface area contributed by atoms with Gasteiger partial charge in [-0.05, 0) is 43.4 Å². The summed E-state index contributed by atoms with van der Waals surface area (Å²) in [6, 6.07) is 4.90. The summed E-state index contributed by atoms with van der Waals surface area (Å²) in [5, 5.41) is 3.60. The molecule has 0 aromatic carbocycles. The van der Waals surface area contributed by atoms with Gasteiger partial charge in [0.05, 0.1) is 0 Å². The second kappa shape index (κ2) is 7.61. The van der Waals surface area contributed by atoms with E-state index in [0.717, 1.165) is 18.9 Å². The highest BCUT2D eigenvalue weighted by atomic mass is 15.2. The summed E-state index contributed by atoms with van der Waals surface area (Å²) in [5.41, 5.74) is 1.34. The molecule has 1 aromatic rings. The van der Waals surface area contributed by atoms with Crippen molar-refractivity contribution in [2.75, 3.05) is 26.2 Å². The van der Waals surface area contributed by atoms with E-state index in [0.29, 0.717) is 6.04 Å². The minimum atomic E-state index is 0.702. The first-order chi connectivity index (χ1) is 9.24. The third kappa shape index (κ3) is 5.29. The number of hydrogen-bond acceptors (Lipinski definition) is 3. The fraction of sp³-hybridized carbons (Fsp3) is 0.688. The molecule has 1 aromatic heterocycles. The second-order valence-electron chi connectivity index (χ2n) is 6.06. The van der Waals surface area contributed by atoms with E-state index < -0.39 is 0 Å². The summed E-state index contributed by atoms with van der Waals surface area (Å²) >= 11 is 0. The molecule has 2 heterocycles. The lowest BCUT2D eigenvalue weighted by molar-refractivity contribution is 0.226. The Balaban J connectivity index is 1.82. The summed E-state index contributed by atoms with van der Waals surface area (Å²) in [4.78, 5) is 6.81. The van der Waals surface area contributed by atoms with Gasteiger partial charge in [-0.1, -0.05) is 19.9 Å². The van der Waals surface area contributed by atoms with Crippen LogP contribution in [0, 0.1) is 5.92 Å². The first-order valence-electron chi connectivity index (χ1n) is 7.58. The van der Waals surface area contributed by atoms with Crippen LogP contribution in [0.2, 0.25) is 0 Å². The Labute approximate surface area is 117 Å². The summed E-state index contributed by atoms with van der Waals surface area (Å²) < 4.78 is 0. The summed E-state index contributed by atoms with van der Waals surface area (Å²) in [6.07, 6.45) is 7.61. The standard InChI is InChI=1S/C16H27N3/c1-14(2)12-19(13-16-6-4-9-18-16)10-7-15-5-3-8-17-11-15/h3,5,8,11,14,16,18H,4,6-7,9-10,12-13H2,1-2H3. The third-order valence-corrected chi connectivity index (χ3v) is 3.70. The molecule has 1 fully saturated rings. The number of aromatic nitrogens is 1. The first kappa shape index (κ1) is 14.5. The molecule has 1 unspecified atom stereocenters. The highest BCUT2D eigenvalue weighted by molar-refractivity contribution is 5.08. The Bertz CT molecular complexity index is 344. The number of nitrogens with zero attached hydrogens (tertiary/aromatic N) is 2. The van der Waals surface area contributed by atoms with Crippen LogP contribution in [-0.4, -0.2) is 42.1 Å². The van der Waals surface area contributed by atoms with E-state index in [1.807, 2.05) is 18.5 Å². The number of hydrogen-bond donors (Lipinski definition) is 1. The summed E-state index contributed by atoms with van der Waals surface area (Å²) in [5.74, 6) is 0.732. The zero-order chi connectivity index (χ0) is 13.5. The van der Waals surface area contributed by atoms with Crippen LogP contribution in [-0.2, 0) is 6.42 Å². The molecule has 1 atom stereocenters. The Kier molecular flexibility index (Phi) is 5.80. The van der Waals surface area contributed by atoms with Gasteiger partial charge < -0.3 is 10.2 Å². The van der Waals surface area contributed by atoms with E-state index in [1.165, 1.54) is 38.0 Å². The van der Waals surface area contributed by atoms with Crippen LogP contribution in [0.15, 0.2) is 24.5 Å². The molecule has 0 saturated carbocycles. The van der Waals surface area contributed by atoms with Crippen molar-refractivity contribution in [1.82, 2.24) is 15.2 Å². The molecule has 2 rings (SSSR count). The Morgan fingerprint density at radius 3 is 3.00 bits per heavy atom. The van der Waals surface area contributed by atoms with E-state index >= 15 is 0 Å². The number of pyridine rings is 1. The predicted molar refractivity (Wildman–Crippen MR) is 80.2 cm³/mol. The highest BCUT2D eigenvalue weighted by Gasteiger charge is 2.18. The molecule has 3 nitrogen and oxygen atoms in total. The molecule has 0 bridgehead atoms. The van der Waals surface area contributed by atoms with Crippen LogP contribution in [0.4, 0.5) is 0 Å². The molecule has 1 aliphatic heterocycles. The molecule has 0 radical (unpaired) electrons. The van der Waals surface area contributed by atoms with E-state index in [9.17, 15) is 0 Å². The molecule has 19 heavy (non-hydrogen) atoms. The zero-order valence-electron chi connectivity index (χ0n) is 12.3. The van der Waals surface area contributed by atoms with Crippen molar-refractivity contribution < 1.29 is 0 Å². The maximum absolute atomic E-state index is 4.20. The van der Waals surface area contributed by atoms with E-state index in [4.69, 9.17) is 0 Å². The average molecular weight is 261 g/mol. The average Bonchev–Trinajstić information content (AvgIpc) is 2.89. The normalized spacial score (nSPS) is 19.5. The largest absolute Gasteiger partial charge is 0.313 e. The van der Waals surface area contributed by atoms with Crippen LogP contribution in [0.25, 0.3) is 0 Å². The van der Waals surface area contributed by atoms with Crippen LogP contribution in [0.5, 0.6) is 0 Å². The van der Waals surface area contributed by atoms with Crippen LogP contribution in [0.3, 0.4) is 0 Å². The van der Waals surface area contributed by atoms with Gasteiger partial charge in [0.25, 0.3) is 0 Å². The summed E-state index contributed by atoms with van der Waals surface area (Å²) in [6.45, 7) is 9.33. The van der Waals surface area contributed by atoms with Gasteiger partial charge in [-0.25, -0.2) is 0 Å². The number of nitrogens with one attached hydrogen (secondary N) is 1. The third-order valence-electron chi connectivity index (χ3n) is 3.70. The van der Waals surface area contributed by atoms with E-state index in [2.05, 4.69) is 35.1 Å². The van der Waals surface area contributed by atoms with E-state index in [-0.39, 0.29) is 0 Å². The van der Waals surface area contributed by atoms with Crippen molar-refractivity contribution in [2.24, 2.45) is 5.92 Å². The van der Waals surface area contributed by atoms with E-state index in [1.54, 1.807) is 0 Å². The van der Waals surface area contributed by atoms with Gasteiger partial charge in [0.1, 0.15) is 0 Å². The Morgan fingerprint density at radius 2 is 2.37 bits per heavy atom. The van der Waals surface area contributed by atoms with Crippen molar-refractivity contribution in [3.8, 4) is 0 Å². The fourth-order valence-corrected chi connectivity index (χ4v) is 2.83. The van der Waals surface area contributed by atoms with Gasteiger partial charge in [0, 0.05) is 38.1 Å². The quantitative estimate of drug-likeness (QED) is 0.816. The minimum Gasteiger partial charge on any atom is -0.313 e. The van der Waals surface area contributed by atoms with Crippen LogP contribution < -0.4 is 5.32 Å². The van der Waals surface area contributed by atoms with Gasteiger partial charge in [-0.2, -0.15) is 0 Å². The van der Waals surface area contributed by atoms with Crippen molar-refractivity contribution >= 4 is 0 Å². The SMILES string of the molecule is CC(C)CN(CCc1cccnc1)CC1CCCN1. The molecular formula is C16H27N3. The maximum atomic E-state index is 4.20.